The monoisotopic (exact) mass is 255 g/mol. The molecule has 0 aliphatic heterocycles. The lowest BCUT2D eigenvalue weighted by Crippen LogP contribution is -2.23. The number of nitrogens with zero attached hydrogens (tertiary/aromatic N) is 1. The van der Waals surface area contributed by atoms with E-state index in [1.54, 1.807) is 12.1 Å². The molecule has 0 saturated carbocycles. The fourth-order valence-corrected chi connectivity index (χ4v) is 2.07. The summed E-state index contributed by atoms with van der Waals surface area (Å²) in [6.45, 7) is 1.19. The molecule has 0 atom stereocenters. The van der Waals surface area contributed by atoms with Gasteiger partial charge >= 0.3 is 0 Å². The molecule has 5 heteroatoms. The molecule has 17 heavy (non-hydrogen) atoms. The SMILES string of the molecule is CN(CC=O)CCc1ccc(S(C)(=O)=O)cc1. The number of aldehydes is 1. The Balaban J connectivity index is 2.60. The molecule has 0 N–H and O–H groups in total. The van der Waals surface area contributed by atoms with Crippen LogP contribution >= 0.6 is 0 Å². The fourth-order valence-electron chi connectivity index (χ4n) is 1.44. The fraction of sp³-hybridized carbons (Fsp3) is 0.417. The van der Waals surface area contributed by atoms with Gasteiger partial charge in [0.15, 0.2) is 9.84 Å². The van der Waals surface area contributed by atoms with E-state index >= 15 is 0 Å². The van der Waals surface area contributed by atoms with Crippen LogP contribution in [-0.2, 0) is 21.1 Å². The lowest BCUT2D eigenvalue weighted by Gasteiger charge is -2.12. The van der Waals surface area contributed by atoms with E-state index in [2.05, 4.69) is 0 Å². The van der Waals surface area contributed by atoms with Crippen molar-refractivity contribution in [1.82, 2.24) is 4.90 Å². The molecule has 0 aliphatic carbocycles. The molecular formula is C12H17NO3S. The van der Waals surface area contributed by atoms with Crippen LogP contribution in [0.2, 0.25) is 0 Å². The van der Waals surface area contributed by atoms with Gasteiger partial charge < -0.3 is 4.79 Å². The number of hydrogen-bond donors (Lipinski definition) is 0. The van der Waals surface area contributed by atoms with Crippen molar-refractivity contribution in [2.45, 2.75) is 11.3 Å². The molecule has 1 aromatic carbocycles. The molecule has 1 aromatic rings. The van der Waals surface area contributed by atoms with Gasteiger partial charge in [-0.3, -0.25) is 4.90 Å². The maximum absolute atomic E-state index is 11.2. The second-order valence-electron chi connectivity index (χ2n) is 4.10. The summed E-state index contributed by atoms with van der Waals surface area (Å²) in [6.07, 6.45) is 2.86. The van der Waals surface area contributed by atoms with Crippen molar-refractivity contribution >= 4 is 16.1 Å². The van der Waals surface area contributed by atoms with Crippen molar-refractivity contribution < 1.29 is 13.2 Å². The van der Waals surface area contributed by atoms with Crippen molar-refractivity contribution in [3.8, 4) is 0 Å². The topological polar surface area (TPSA) is 54.5 Å². The van der Waals surface area contributed by atoms with E-state index < -0.39 is 9.84 Å². The Kier molecular flexibility index (Phi) is 4.84. The van der Waals surface area contributed by atoms with Crippen molar-refractivity contribution in [2.75, 3.05) is 26.4 Å². The third-order valence-corrected chi connectivity index (χ3v) is 3.65. The zero-order chi connectivity index (χ0) is 12.9. The molecule has 0 bridgehead atoms. The largest absolute Gasteiger partial charge is 0.302 e. The summed E-state index contributed by atoms with van der Waals surface area (Å²) in [5, 5.41) is 0. The predicted octanol–water partition coefficient (Wildman–Crippen LogP) is 0.763. The zero-order valence-corrected chi connectivity index (χ0v) is 10.9. The third kappa shape index (κ3) is 4.66. The number of carbonyl (C=O) groups excluding carboxylic acids is 1. The first-order valence-electron chi connectivity index (χ1n) is 5.34. The van der Waals surface area contributed by atoms with E-state index in [-0.39, 0.29) is 0 Å². The van der Waals surface area contributed by atoms with Crippen LogP contribution in [0.4, 0.5) is 0 Å². The predicted molar refractivity (Wildman–Crippen MR) is 66.8 cm³/mol. The van der Waals surface area contributed by atoms with E-state index in [9.17, 15) is 13.2 Å². The average Bonchev–Trinajstić information content (AvgIpc) is 2.26. The molecule has 4 nitrogen and oxygen atoms in total. The van der Waals surface area contributed by atoms with E-state index in [4.69, 9.17) is 0 Å². The van der Waals surface area contributed by atoms with Crippen molar-refractivity contribution in [2.24, 2.45) is 0 Å². The van der Waals surface area contributed by atoms with E-state index in [0.29, 0.717) is 11.4 Å². The van der Waals surface area contributed by atoms with E-state index in [1.165, 1.54) is 6.26 Å². The number of hydrogen-bond acceptors (Lipinski definition) is 4. The van der Waals surface area contributed by atoms with Gasteiger partial charge in [-0.15, -0.1) is 0 Å². The summed E-state index contributed by atoms with van der Waals surface area (Å²) >= 11 is 0. The molecule has 0 radical (unpaired) electrons. The van der Waals surface area contributed by atoms with Crippen LogP contribution in [-0.4, -0.2) is 46.0 Å². The minimum atomic E-state index is -3.12. The summed E-state index contributed by atoms with van der Waals surface area (Å²) in [7, 11) is -1.24. The zero-order valence-electron chi connectivity index (χ0n) is 10.1. The number of benzene rings is 1. The normalized spacial score (nSPS) is 11.7. The highest BCUT2D eigenvalue weighted by Gasteiger charge is 2.06. The Labute approximate surface area is 102 Å². The molecule has 1 rings (SSSR count). The Hall–Kier alpha value is -1.20. The second-order valence-corrected chi connectivity index (χ2v) is 6.11. The van der Waals surface area contributed by atoms with Gasteiger partial charge in [0, 0.05) is 12.8 Å². The van der Waals surface area contributed by atoms with Crippen LogP contribution in [0.1, 0.15) is 5.56 Å². The first kappa shape index (κ1) is 13.9. The molecule has 0 fully saturated rings. The van der Waals surface area contributed by atoms with Gasteiger partial charge in [0.25, 0.3) is 0 Å². The molecule has 94 valence electrons. The highest BCUT2D eigenvalue weighted by Crippen LogP contribution is 2.10. The minimum absolute atomic E-state index is 0.336. The molecule has 0 unspecified atom stereocenters. The number of sulfone groups is 1. The van der Waals surface area contributed by atoms with Crippen LogP contribution in [0.3, 0.4) is 0 Å². The van der Waals surface area contributed by atoms with Crippen LogP contribution < -0.4 is 0 Å². The molecule has 0 aromatic heterocycles. The standard InChI is InChI=1S/C12H17NO3S/c1-13(9-10-14)8-7-11-3-5-12(6-4-11)17(2,15)16/h3-6,10H,7-9H2,1-2H3. The van der Waals surface area contributed by atoms with Gasteiger partial charge in [0.2, 0.25) is 0 Å². The molecular weight excluding hydrogens is 238 g/mol. The Morgan fingerprint density at radius 2 is 1.82 bits per heavy atom. The van der Waals surface area contributed by atoms with Gasteiger partial charge in [-0.1, -0.05) is 12.1 Å². The maximum Gasteiger partial charge on any atom is 0.175 e. The summed E-state index contributed by atoms with van der Waals surface area (Å²) in [4.78, 5) is 12.5. The highest BCUT2D eigenvalue weighted by atomic mass is 32.2. The smallest absolute Gasteiger partial charge is 0.175 e. The maximum atomic E-state index is 11.2. The van der Waals surface area contributed by atoms with Crippen LogP contribution in [0.15, 0.2) is 29.2 Å². The first-order valence-corrected chi connectivity index (χ1v) is 7.24. The van der Waals surface area contributed by atoms with Crippen LogP contribution in [0.5, 0.6) is 0 Å². The van der Waals surface area contributed by atoms with E-state index in [0.717, 1.165) is 24.8 Å². The first-order chi connectivity index (χ1) is 7.93. The quantitative estimate of drug-likeness (QED) is 0.704. The molecule has 0 heterocycles. The highest BCUT2D eigenvalue weighted by molar-refractivity contribution is 7.90. The second kappa shape index (κ2) is 5.93. The summed E-state index contributed by atoms with van der Waals surface area (Å²) in [5.41, 5.74) is 1.06. The van der Waals surface area contributed by atoms with Gasteiger partial charge in [0.05, 0.1) is 11.4 Å². The summed E-state index contributed by atoms with van der Waals surface area (Å²) in [6, 6.07) is 6.85. The molecule has 0 spiro atoms. The lowest BCUT2D eigenvalue weighted by molar-refractivity contribution is -0.108. The molecule has 0 aliphatic rings. The van der Waals surface area contributed by atoms with Crippen LogP contribution in [0, 0.1) is 0 Å². The van der Waals surface area contributed by atoms with Crippen LogP contribution in [0.25, 0.3) is 0 Å². The van der Waals surface area contributed by atoms with Crippen molar-refractivity contribution in [3.63, 3.8) is 0 Å². The molecule has 0 saturated heterocycles. The summed E-state index contributed by atoms with van der Waals surface area (Å²) < 4.78 is 22.5. The average molecular weight is 255 g/mol. The van der Waals surface area contributed by atoms with Gasteiger partial charge in [0.1, 0.15) is 6.29 Å². The van der Waals surface area contributed by atoms with E-state index in [1.807, 2.05) is 24.1 Å². The minimum Gasteiger partial charge on any atom is -0.302 e. The van der Waals surface area contributed by atoms with Crippen molar-refractivity contribution in [3.05, 3.63) is 29.8 Å². The van der Waals surface area contributed by atoms with Gasteiger partial charge in [-0.25, -0.2) is 8.42 Å². The Bertz CT molecular complexity index is 465. The Morgan fingerprint density at radius 1 is 1.24 bits per heavy atom. The Morgan fingerprint density at radius 3 is 2.29 bits per heavy atom. The molecule has 0 amide bonds. The lowest BCUT2D eigenvalue weighted by atomic mass is 10.1. The van der Waals surface area contributed by atoms with Crippen molar-refractivity contribution in [1.29, 1.82) is 0 Å². The summed E-state index contributed by atoms with van der Waals surface area (Å²) in [5.74, 6) is 0. The van der Waals surface area contributed by atoms with Gasteiger partial charge in [-0.2, -0.15) is 0 Å². The van der Waals surface area contributed by atoms with Gasteiger partial charge in [-0.05, 0) is 31.2 Å². The third-order valence-electron chi connectivity index (χ3n) is 2.52. The number of likely N-dealkylation sites (N-methyl/N-ethyl adjacent to an activating group) is 1. The number of rotatable bonds is 6. The number of carbonyl (C=O) groups is 1.